The van der Waals surface area contributed by atoms with Crippen LogP contribution in [0.2, 0.25) is 0 Å². The zero-order valence-electron chi connectivity index (χ0n) is 13.1. The normalized spacial score (nSPS) is 26.4. The van der Waals surface area contributed by atoms with Crippen LogP contribution in [0.3, 0.4) is 0 Å². The molecule has 1 fully saturated rings. The van der Waals surface area contributed by atoms with Crippen molar-refractivity contribution in [3.05, 3.63) is 12.2 Å². The fraction of sp³-hybridized carbons (Fsp3) is 0.824. The fourth-order valence-electron chi connectivity index (χ4n) is 3.23. The van der Waals surface area contributed by atoms with Crippen LogP contribution in [-0.2, 0) is 4.79 Å². The van der Waals surface area contributed by atoms with E-state index < -0.39 is 0 Å². The van der Waals surface area contributed by atoms with E-state index in [1.807, 2.05) is 0 Å². The summed E-state index contributed by atoms with van der Waals surface area (Å²) in [5.74, 6) is 1.36. The highest BCUT2D eigenvalue weighted by Crippen LogP contribution is 2.23. The van der Waals surface area contributed by atoms with Gasteiger partial charge in [-0.05, 0) is 64.5 Å². The molecule has 2 atom stereocenters. The minimum Gasteiger partial charge on any atom is -0.353 e. The van der Waals surface area contributed by atoms with Crippen LogP contribution >= 0.6 is 0 Å². The van der Waals surface area contributed by atoms with Crippen molar-refractivity contribution in [3.63, 3.8) is 0 Å². The SMILES string of the molecule is CCC(C)NC(=O)C1CCN(CC2CC=CCC2)CC1. The van der Waals surface area contributed by atoms with E-state index in [2.05, 4.69) is 36.2 Å². The van der Waals surface area contributed by atoms with Crippen LogP contribution in [-0.4, -0.2) is 36.5 Å². The molecule has 2 unspecified atom stereocenters. The van der Waals surface area contributed by atoms with E-state index in [-0.39, 0.29) is 11.8 Å². The van der Waals surface area contributed by atoms with E-state index >= 15 is 0 Å². The molecule has 2 aliphatic rings. The highest BCUT2D eigenvalue weighted by Gasteiger charge is 2.26. The molecule has 0 spiro atoms. The first-order chi connectivity index (χ1) is 9.69. The molecular formula is C17H30N2O. The summed E-state index contributed by atoms with van der Waals surface area (Å²) in [6.07, 6.45) is 11.6. The molecule has 0 saturated carbocycles. The monoisotopic (exact) mass is 278 g/mol. The summed E-state index contributed by atoms with van der Waals surface area (Å²) >= 11 is 0. The molecule has 1 aliphatic heterocycles. The number of piperidine rings is 1. The lowest BCUT2D eigenvalue weighted by atomic mass is 9.91. The minimum absolute atomic E-state index is 0.242. The Hall–Kier alpha value is -0.830. The molecule has 1 saturated heterocycles. The molecule has 1 amide bonds. The first-order valence-corrected chi connectivity index (χ1v) is 8.36. The van der Waals surface area contributed by atoms with Crippen LogP contribution in [0, 0.1) is 11.8 Å². The maximum absolute atomic E-state index is 12.1. The van der Waals surface area contributed by atoms with Crippen molar-refractivity contribution in [2.24, 2.45) is 11.8 Å². The van der Waals surface area contributed by atoms with Gasteiger partial charge < -0.3 is 10.2 Å². The second-order valence-corrected chi connectivity index (χ2v) is 6.54. The lowest BCUT2D eigenvalue weighted by molar-refractivity contribution is -0.127. The average Bonchev–Trinajstić information content (AvgIpc) is 2.49. The van der Waals surface area contributed by atoms with E-state index in [9.17, 15) is 4.79 Å². The maximum Gasteiger partial charge on any atom is 0.223 e. The summed E-state index contributed by atoms with van der Waals surface area (Å²) in [5.41, 5.74) is 0. The van der Waals surface area contributed by atoms with Crippen molar-refractivity contribution in [1.82, 2.24) is 10.2 Å². The molecule has 0 aromatic heterocycles. The molecular weight excluding hydrogens is 248 g/mol. The summed E-state index contributed by atoms with van der Waals surface area (Å²) in [5, 5.41) is 3.13. The predicted octanol–water partition coefficient (Wildman–Crippen LogP) is 2.97. The quantitative estimate of drug-likeness (QED) is 0.784. The Labute approximate surface area is 123 Å². The smallest absolute Gasteiger partial charge is 0.223 e. The Morgan fingerprint density at radius 3 is 2.65 bits per heavy atom. The largest absolute Gasteiger partial charge is 0.353 e. The number of hydrogen-bond acceptors (Lipinski definition) is 2. The first kappa shape index (κ1) is 15.6. The Morgan fingerprint density at radius 1 is 1.30 bits per heavy atom. The Morgan fingerprint density at radius 2 is 2.05 bits per heavy atom. The molecule has 0 radical (unpaired) electrons. The van der Waals surface area contributed by atoms with Gasteiger partial charge in [0.05, 0.1) is 0 Å². The van der Waals surface area contributed by atoms with Gasteiger partial charge in [-0.3, -0.25) is 4.79 Å². The zero-order chi connectivity index (χ0) is 14.4. The molecule has 0 aromatic carbocycles. The second kappa shape index (κ2) is 7.82. The zero-order valence-corrected chi connectivity index (χ0v) is 13.1. The number of carbonyl (C=O) groups is 1. The fourth-order valence-corrected chi connectivity index (χ4v) is 3.23. The molecule has 1 N–H and O–H groups in total. The summed E-state index contributed by atoms with van der Waals surface area (Å²) in [6, 6.07) is 0.314. The van der Waals surface area contributed by atoms with E-state index in [1.165, 1.54) is 25.8 Å². The number of nitrogens with zero attached hydrogens (tertiary/aromatic N) is 1. The minimum atomic E-state index is 0.242. The number of rotatable bonds is 5. The third-order valence-corrected chi connectivity index (χ3v) is 4.85. The lowest BCUT2D eigenvalue weighted by Gasteiger charge is -2.34. The van der Waals surface area contributed by atoms with E-state index in [0.29, 0.717) is 6.04 Å². The summed E-state index contributed by atoms with van der Waals surface area (Å²) < 4.78 is 0. The van der Waals surface area contributed by atoms with Crippen molar-refractivity contribution in [3.8, 4) is 0 Å². The first-order valence-electron chi connectivity index (χ1n) is 8.36. The van der Waals surface area contributed by atoms with Gasteiger partial charge in [0.2, 0.25) is 5.91 Å². The van der Waals surface area contributed by atoms with E-state index in [0.717, 1.165) is 38.3 Å². The van der Waals surface area contributed by atoms with Crippen LogP contribution in [0.1, 0.15) is 52.4 Å². The molecule has 3 heteroatoms. The maximum atomic E-state index is 12.1. The number of nitrogens with one attached hydrogen (secondary N) is 1. The molecule has 2 rings (SSSR count). The highest BCUT2D eigenvalue weighted by molar-refractivity contribution is 5.79. The van der Waals surface area contributed by atoms with Crippen LogP contribution in [0.15, 0.2) is 12.2 Å². The van der Waals surface area contributed by atoms with Gasteiger partial charge in [-0.1, -0.05) is 19.1 Å². The van der Waals surface area contributed by atoms with Gasteiger partial charge in [-0.2, -0.15) is 0 Å². The third-order valence-electron chi connectivity index (χ3n) is 4.85. The molecule has 0 aromatic rings. The van der Waals surface area contributed by atoms with Crippen molar-refractivity contribution in [2.75, 3.05) is 19.6 Å². The number of allylic oxidation sites excluding steroid dienone is 2. The van der Waals surface area contributed by atoms with E-state index in [4.69, 9.17) is 0 Å². The van der Waals surface area contributed by atoms with Gasteiger partial charge >= 0.3 is 0 Å². The number of likely N-dealkylation sites (tertiary alicyclic amines) is 1. The van der Waals surface area contributed by atoms with Crippen molar-refractivity contribution < 1.29 is 4.79 Å². The van der Waals surface area contributed by atoms with Crippen LogP contribution < -0.4 is 5.32 Å². The molecule has 20 heavy (non-hydrogen) atoms. The molecule has 1 aliphatic carbocycles. The summed E-state index contributed by atoms with van der Waals surface area (Å²) in [6.45, 7) is 7.62. The van der Waals surface area contributed by atoms with Gasteiger partial charge in [0.25, 0.3) is 0 Å². The Balaban J connectivity index is 1.69. The van der Waals surface area contributed by atoms with Gasteiger partial charge in [-0.25, -0.2) is 0 Å². The standard InChI is InChI=1S/C17H30N2O/c1-3-14(2)18-17(20)16-9-11-19(12-10-16)13-15-7-5-4-6-8-15/h4-5,14-16H,3,6-13H2,1-2H3,(H,18,20). The predicted molar refractivity (Wildman–Crippen MR) is 83.5 cm³/mol. The Bertz CT molecular complexity index is 332. The lowest BCUT2D eigenvalue weighted by Crippen LogP contribution is -2.44. The Kier molecular flexibility index (Phi) is 6.08. The number of carbonyl (C=O) groups excluding carboxylic acids is 1. The molecule has 3 nitrogen and oxygen atoms in total. The topological polar surface area (TPSA) is 32.3 Å². The molecule has 0 bridgehead atoms. The van der Waals surface area contributed by atoms with Gasteiger partial charge in [-0.15, -0.1) is 0 Å². The highest BCUT2D eigenvalue weighted by atomic mass is 16.1. The van der Waals surface area contributed by atoms with Gasteiger partial charge in [0.1, 0.15) is 0 Å². The van der Waals surface area contributed by atoms with Crippen molar-refractivity contribution in [2.45, 2.75) is 58.4 Å². The number of amides is 1. The van der Waals surface area contributed by atoms with Gasteiger partial charge in [0.15, 0.2) is 0 Å². The summed E-state index contributed by atoms with van der Waals surface area (Å²) in [7, 11) is 0. The van der Waals surface area contributed by atoms with Crippen LogP contribution in [0.4, 0.5) is 0 Å². The number of hydrogen-bond donors (Lipinski definition) is 1. The summed E-state index contributed by atoms with van der Waals surface area (Å²) in [4.78, 5) is 14.7. The third kappa shape index (κ3) is 4.62. The molecule has 1 heterocycles. The molecule has 114 valence electrons. The average molecular weight is 278 g/mol. The van der Waals surface area contributed by atoms with Crippen LogP contribution in [0.25, 0.3) is 0 Å². The van der Waals surface area contributed by atoms with Gasteiger partial charge in [0, 0.05) is 18.5 Å². The van der Waals surface area contributed by atoms with E-state index in [1.54, 1.807) is 0 Å². The van der Waals surface area contributed by atoms with Crippen molar-refractivity contribution >= 4 is 5.91 Å². The second-order valence-electron chi connectivity index (χ2n) is 6.54. The van der Waals surface area contributed by atoms with Crippen molar-refractivity contribution in [1.29, 1.82) is 0 Å². The van der Waals surface area contributed by atoms with Crippen LogP contribution in [0.5, 0.6) is 0 Å².